The van der Waals surface area contributed by atoms with Crippen LogP contribution in [0.4, 0.5) is 20.2 Å². The third-order valence-corrected chi connectivity index (χ3v) is 7.88. The van der Waals surface area contributed by atoms with Crippen molar-refractivity contribution in [1.82, 2.24) is 15.6 Å². The largest absolute Gasteiger partial charge is 0.491 e. The SMILES string of the molecule is Cc1ccc2c(N)c(C(=O)N[C@H]3COc4cc(N(C)C5CNC[C@@H]5C)c(F)c(F)c4C3)sc2n1. The number of carbonyl (C=O) groups excluding carboxylic acids is 1. The van der Waals surface area contributed by atoms with Crippen LogP contribution in [-0.2, 0) is 6.42 Å². The van der Waals surface area contributed by atoms with Crippen LogP contribution in [0.1, 0.15) is 27.9 Å². The zero-order valence-electron chi connectivity index (χ0n) is 19.2. The van der Waals surface area contributed by atoms with Crippen molar-refractivity contribution in [3.8, 4) is 5.75 Å². The summed E-state index contributed by atoms with van der Waals surface area (Å²) in [6, 6.07) is 4.79. The van der Waals surface area contributed by atoms with Gasteiger partial charge in [-0.15, -0.1) is 11.3 Å². The van der Waals surface area contributed by atoms with Crippen LogP contribution in [0.15, 0.2) is 18.2 Å². The smallest absolute Gasteiger partial charge is 0.263 e. The van der Waals surface area contributed by atoms with Gasteiger partial charge in [0.15, 0.2) is 11.6 Å². The van der Waals surface area contributed by atoms with Crippen LogP contribution in [0.5, 0.6) is 5.75 Å². The van der Waals surface area contributed by atoms with E-state index in [2.05, 4.69) is 22.5 Å². The predicted molar refractivity (Wildman–Crippen MR) is 130 cm³/mol. The number of pyridine rings is 1. The third-order valence-electron chi connectivity index (χ3n) is 6.77. The minimum absolute atomic E-state index is 0.0626. The lowest BCUT2D eigenvalue weighted by Gasteiger charge is -2.32. The molecule has 2 aromatic heterocycles. The number of thiophene rings is 1. The van der Waals surface area contributed by atoms with E-state index in [1.165, 1.54) is 11.3 Å². The topological polar surface area (TPSA) is 92.5 Å². The molecule has 0 radical (unpaired) electrons. The van der Waals surface area contributed by atoms with Gasteiger partial charge in [-0.25, -0.2) is 13.8 Å². The van der Waals surface area contributed by atoms with Gasteiger partial charge in [0, 0.05) is 48.8 Å². The molecular formula is C24H27F2N5O2S. The number of rotatable bonds is 4. The fourth-order valence-electron chi connectivity index (χ4n) is 4.79. The molecule has 3 aromatic rings. The van der Waals surface area contributed by atoms with Crippen LogP contribution < -0.4 is 26.0 Å². The Morgan fingerprint density at radius 1 is 1.32 bits per heavy atom. The molecule has 2 aliphatic rings. The van der Waals surface area contributed by atoms with E-state index in [4.69, 9.17) is 10.5 Å². The molecule has 3 atom stereocenters. The van der Waals surface area contributed by atoms with Crippen molar-refractivity contribution < 1.29 is 18.3 Å². The van der Waals surface area contributed by atoms with Gasteiger partial charge < -0.3 is 26.0 Å². The second kappa shape index (κ2) is 8.66. The summed E-state index contributed by atoms with van der Waals surface area (Å²) in [6.07, 6.45) is 0.122. The molecule has 1 fully saturated rings. The highest BCUT2D eigenvalue weighted by Gasteiger charge is 2.33. The van der Waals surface area contributed by atoms with Crippen LogP contribution in [0.25, 0.3) is 10.2 Å². The molecule has 10 heteroatoms. The Hall–Kier alpha value is -2.98. The van der Waals surface area contributed by atoms with Gasteiger partial charge in [-0.05, 0) is 31.5 Å². The first kappa shape index (κ1) is 22.8. The molecule has 4 heterocycles. The lowest BCUT2D eigenvalue weighted by Crippen LogP contribution is -2.43. The maximum atomic E-state index is 15.1. The molecule has 180 valence electrons. The van der Waals surface area contributed by atoms with E-state index in [0.29, 0.717) is 33.6 Å². The number of carbonyl (C=O) groups is 1. The minimum Gasteiger partial charge on any atom is -0.491 e. The Bertz CT molecular complexity index is 1280. The summed E-state index contributed by atoms with van der Waals surface area (Å²) in [7, 11) is 1.77. The van der Waals surface area contributed by atoms with Crippen LogP contribution >= 0.6 is 11.3 Å². The van der Waals surface area contributed by atoms with E-state index in [0.717, 1.165) is 17.6 Å². The van der Waals surface area contributed by atoms with E-state index in [-0.39, 0.29) is 36.2 Å². The van der Waals surface area contributed by atoms with Gasteiger partial charge in [0.05, 0.1) is 17.4 Å². The highest BCUT2D eigenvalue weighted by Crippen LogP contribution is 2.37. The number of nitrogens with zero attached hydrogens (tertiary/aromatic N) is 2. The molecule has 2 aliphatic heterocycles. The number of fused-ring (bicyclic) bond motifs is 2. The molecule has 1 unspecified atom stereocenters. The average molecular weight is 488 g/mol. The molecule has 0 bridgehead atoms. The Balaban J connectivity index is 1.36. The monoisotopic (exact) mass is 487 g/mol. The number of nitrogens with one attached hydrogen (secondary N) is 2. The number of ether oxygens (including phenoxy) is 1. The van der Waals surface area contributed by atoms with Gasteiger partial charge in [0.1, 0.15) is 22.1 Å². The fraction of sp³-hybridized carbons (Fsp3) is 0.417. The number of benzene rings is 1. The van der Waals surface area contributed by atoms with Gasteiger partial charge in [-0.3, -0.25) is 4.79 Å². The maximum absolute atomic E-state index is 15.1. The maximum Gasteiger partial charge on any atom is 0.263 e. The Morgan fingerprint density at radius 3 is 2.85 bits per heavy atom. The van der Waals surface area contributed by atoms with Crippen LogP contribution in [0.3, 0.4) is 0 Å². The molecule has 0 saturated carbocycles. The summed E-state index contributed by atoms with van der Waals surface area (Å²) in [5.74, 6) is -1.59. The van der Waals surface area contributed by atoms with E-state index in [9.17, 15) is 4.79 Å². The summed E-state index contributed by atoms with van der Waals surface area (Å²) < 4.78 is 36.0. The number of halogens is 2. The first-order valence-electron chi connectivity index (χ1n) is 11.3. The van der Waals surface area contributed by atoms with Crippen molar-refractivity contribution in [2.75, 3.05) is 37.4 Å². The van der Waals surface area contributed by atoms with Crippen molar-refractivity contribution in [3.63, 3.8) is 0 Å². The number of likely N-dealkylation sites (N-methyl/N-ethyl adjacent to an activating group) is 1. The van der Waals surface area contributed by atoms with Crippen molar-refractivity contribution in [2.45, 2.75) is 32.4 Å². The van der Waals surface area contributed by atoms with Gasteiger partial charge in [0.2, 0.25) is 0 Å². The van der Waals surface area contributed by atoms with Crippen LogP contribution in [0, 0.1) is 24.5 Å². The van der Waals surface area contributed by atoms with Crippen molar-refractivity contribution in [2.24, 2.45) is 5.92 Å². The molecule has 0 spiro atoms. The molecule has 34 heavy (non-hydrogen) atoms. The van der Waals surface area contributed by atoms with E-state index in [1.807, 2.05) is 19.1 Å². The molecule has 1 saturated heterocycles. The number of aromatic nitrogens is 1. The van der Waals surface area contributed by atoms with Crippen LogP contribution in [-0.4, -0.2) is 49.7 Å². The fourth-order valence-corrected chi connectivity index (χ4v) is 5.84. The third kappa shape index (κ3) is 3.84. The summed E-state index contributed by atoms with van der Waals surface area (Å²) >= 11 is 1.21. The summed E-state index contributed by atoms with van der Waals surface area (Å²) in [4.78, 5) is 20.2. The van der Waals surface area contributed by atoms with E-state index in [1.54, 1.807) is 18.0 Å². The van der Waals surface area contributed by atoms with Gasteiger partial charge in [0.25, 0.3) is 5.91 Å². The van der Waals surface area contributed by atoms with Gasteiger partial charge in [-0.1, -0.05) is 6.92 Å². The number of nitrogens with two attached hydrogens (primary N) is 1. The summed E-state index contributed by atoms with van der Waals surface area (Å²) in [5.41, 5.74) is 7.69. The van der Waals surface area contributed by atoms with Crippen molar-refractivity contribution in [3.05, 3.63) is 46.0 Å². The molecular weight excluding hydrogens is 460 g/mol. The minimum atomic E-state index is -0.932. The first-order valence-corrected chi connectivity index (χ1v) is 12.1. The molecule has 7 nitrogen and oxygen atoms in total. The molecule has 5 rings (SSSR count). The first-order chi connectivity index (χ1) is 16.2. The summed E-state index contributed by atoms with van der Waals surface area (Å²) in [5, 5.41) is 6.86. The predicted octanol–water partition coefficient (Wildman–Crippen LogP) is 3.24. The van der Waals surface area contributed by atoms with Crippen molar-refractivity contribution >= 4 is 38.8 Å². The second-order valence-electron chi connectivity index (χ2n) is 9.15. The normalized spacial score (nSPS) is 21.9. The quantitative estimate of drug-likeness (QED) is 0.523. The highest BCUT2D eigenvalue weighted by molar-refractivity contribution is 7.21. The number of amides is 1. The number of anilines is 2. The highest BCUT2D eigenvalue weighted by atomic mass is 32.1. The second-order valence-corrected chi connectivity index (χ2v) is 10.1. The number of aryl methyl sites for hydroxylation is 1. The van der Waals surface area contributed by atoms with E-state index < -0.39 is 17.7 Å². The van der Waals surface area contributed by atoms with Crippen LogP contribution in [0.2, 0.25) is 0 Å². The molecule has 1 aromatic carbocycles. The molecule has 4 N–H and O–H groups in total. The van der Waals surface area contributed by atoms with Gasteiger partial charge in [-0.2, -0.15) is 0 Å². The average Bonchev–Trinajstić information content (AvgIpc) is 3.38. The number of hydrogen-bond donors (Lipinski definition) is 3. The number of hydrogen-bond acceptors (Lipinski definition) is 7. The Morgan fingerprint density at radius 2 is 2.12 bits per heavy atom. The molecule has 1 amide bonds. The lowest BCUT2D eigenvalue weighted by molar-refractivity contribution is 0.0919. The number of nitrogen functional groups attached to an aromatic ring is 1. The molecule has 0 aliphatic carbocycles. The summed E-state index contributed by atoms with van der Waals surface area (Å²) in [6.45, 7) is 5.64. The standard InChI is InChI=1S/C24H27F2N5O2S/c1-11-8-28-9-17(11)31(3)16-7-18-15(19(25)20(16)26)6-13(10-33-18)30-23(32)22-21(27)14-5-4-12(2)29-24(14)34-22/h4-5,7,11,13,17,28H,6,8-10,27H2,1-3H3,(H,30,32)/t11-,13+,17?/m0/s1. The lowest BCUT2D eigenvalue weighted by atomic mass is 9.99. The van der Waals surface area contributed by atoms with Gasteiger partial charge >= 0.3 is 0 Å². The Kier molecular flexibility index (Phi) is 5.81. The van der Waals surface area contributed by atoms with Crippen molar-refractivity contribution in [1.29, 1.82) is 0 Å². The Labute approximate surface area is 200 Å². The zero-order chi connectivity index (χ0) is 24.1. The zero-order valence-corrected chi connectivity index (χ0v) is 20.1. The van der Waals surface area contributed by atoms with E-state index >= 15 is 8.78 Å².